The molecule has 0 spiro atoms. The van der Waals surface area contributed by atoms with Gasteiger partial charge in [-0.05, 0) is 69.3 Å². The Labute approximate surface area is 273 Å². The molecule has 218 valence electrons. The second-order valence-electron chi connectivity index (χ2n) is 12.0. The number of nitriles is 1. The van der Waals surface area contributed by atoms with Gasteiger partial charge in [0.15, 0.2) is 0 Å². The van der Waals surface area contributed by atoms with Crippen LogP contribution in [0.1, 0.15) is 27.8 Å². The van der Waals surface area contributed by atoms with Crippen molar-refractivity contribution in [2.45, 2.75) is 5.41 Å². The summed E-state index contributed by atoms with van der Waals surface area (Å²) in [5.41, 5.74) is 12.7. The highest BCUT2D eigenvalue weighted by atomic mass is 14.8. The van der Waals surface area contributed by atoms with Gasteiger partial charge >= 0.3 is 0 Å². The lowest BCUT2D eigenvalue weighted by Gasteiger charge is -2.34. The molecule has 0 amide bonds. The van der Waals surface area contributed by atoms with Crippen molar-refractivity contribution in [1.29, 1.82) is 5.26 Å². The van der Waals surface area contributed by atoms with E-state index in [1.807, 2.05) is 30.5 Å². The van der Waals surface area contributed by atoms with Crippen molar-refractivity contribution in [2.24, 2.45) is 0 Å². The van der Waals surface area contributed by atoms with Crippen molar-refractivity contribution >= 4 is 21.8 Å². The van der Waals surface area contributed by atoms with Gasteiger partial charge in [-0.1, -0.05) is 127 Å². The fourth-order valence-corrected chi connectivity index (χ4v) is 7.61. The SMILES string of the molecule is N#Cc1ccccc1-c1cc2c(cc1-c1ccc3ccc4cccnc4c3n1)-c1ccccc1C2(c1ccccc1)c1ccccc1. The lowest BCUT2D eigenvalue weighted by molar-refractivity contribution is 0.769. The lowest BCUT2D eigenvalue weighted by Crippen LogP contribution is -2.28. The van der Waals surface area contributed by atoms with Crippen molar-refractivity contribution < 1.29 is 0 Å². The molecule has 3 nitrogen and oxygen atoms in total. The standard InChI is InChI=1S/C44H27N3/c45-28-31-12-7-8-18-34(31)36-27-40-37(26-38(36)41-24-23-30-22-21-29-13-11-25-46-42(29)43(30)47-41)35-19-9-10-20-39(35)44(40,32-14-3-1-4-15-32)33-16-5-2-6-17-33/h1-27H. The van der Waals surface area contributed by atoms with Gasteiger partial charge in [0.05, 0.1) is 33.8 Å². The topological polar surface area (TPSA) is 49.6 Å². The van der Waals surface area contributed by atoms with E-state index in [0.717, 1.165) is 44.2 Å². The van der Waals surface area contributed by atoms with Crippen LogP contribution in [0.2, 0.25) is 0 Å². The van der Waals surface area contributed by atoms with Gasteiger partial charge in [-0.2, -0.15) is 5.26 Å². The smallest absolute Gasteiger partial charge is 0.0998 e. The Morgan fingerprint density at radius 3 is 1.85 bits per heavy atom. The molecule has 6 aromatic carbocycles. The average molecular weight is 598 g/mol. The zero-order valence-electron chi connectivity index (χ0n) is 25.4. The van der Waals surface area contributed by atoms with Crippen molar-refractivity contribution in [3.8, 4) is 39.6 Å². The quantitative estimate of drug-likeness (QED) is 0.190. The first-order valence-corrected chi connectivity index (χ1v) is 15.8. The number of pyridine rings is 2. The number of hydrogen-bond acceptors (Lipinski definition) is 3. The van der Waals surface area contributed by atoms with E-state index in [9.17, 15) is 5.26 Å². The number of nitrogens with zero attached hydrogens (tertiary/aromatic N) is 3. The first-order valence-electron chi connectivity index (χ1n) is 15.8. The van der Waals surface area contributed by atoms with Crippen LogP contribution in [0.25, 0.3) is 55.3 Å². The van der Waals surface area contributed by atoms with Gasteiger partial charge in [-0.3, -0.25) is 4.98 Å². The molecule has 8 aromatic rings. The third-order valence-electron chi connectivity index (χ3n) is 9.64. The normalized spacial score (nSPS) is 12.8. The first-order chi connectivity index (χ1) is 23.3. The lowest BCUT2D eigenvalue weighted by atomic mass is 9.67. The second-order valence-corrected chi connectivity index (χ2v) is 12.0. The molecule has 0 saturated heterocycles. The molecule has 0 atom stereocenters. The third kappa shape index (κ3) is 3.99. The molecule has 0 aliphatic heterocycles. The first kappa shape index (κ1) is 27.0. The van der Waals surface area contributed by atoms with Gasteiger partial charge in [-0.25, -0.2) is 4.98 Å². The van der Waals surface area contributed by atoms with Crippen molar-refractivity contribution in [1.82, 2.24) is 9.97 Å². The Morgan fingerprint density at radius 2 is 1.11 bits per heavy atom. The molecule has 0 N–H and O–H groups in total. The summed E-state index contributed by atoms with van der Waals surface area (Å²) in [6, 6.07) is 57.8. The van der Waals surface area contributed by atoms with Gasteiger partial charge in [0.2, 0.25) is 0 Å². The van der Waals surface area contributed by atoms with E-state index in [1.54, 1.807) is 0 Å². The molecule has 0 radical (unpaired) electrons. The molecule has 0 saturated carbocycles. The summed E-state index contributed by atoms with van der Waals surface area (Å²) in [5, 5.41) is 12.4. The van der Waals surface area contributed by atoms with E-state index in [-0.39, 0.29) is 0 Å². The van der Waals surface area contributed by atoms with Crippen LogP contribution in [-0.4, -0.2) is 9.97 Å². The number of hydrogen-bond donors (Lipinski definition) is 0. The number of fused-ring (bicyclic) bond motifs is 6. The monoisotopic (exact) mass is 597 g/mol. The fraction of sp³-hybridized carbons (Fsp3) is 0.0227. The minimum absolute atomic E-state index is 0.555. The number of benzene rings is 6. The second kappa shape index (κ2) is 10.6. The van der Waals surface area contributed by atoms with Crippen LogP contribution in [0.4, 0.5) is 0 Å². The third-order valence-corrected chi connectivity index (χ3v) is 9.64. The van der Waals surface area contributed by atoms with E-state index < -0.39 is 5.41 Å². The molecule has 47 heavy (non-hydrogen) atoms. The van der Waals surface area contributed by atoms with Crippen LogP contribution < -0.4 is 0 Å². The molecule has 0 fully saturated rings. The minimum atomic E-state index is -0.555. The molecule has 9 rings (SSSR count). The number of rotatable bonds is 4. The van der Waals surface area contributed by atoms with Crippen LogP contribution in [0.3, 0.4) is 0 Å². The molecular formula is C44H27N3. The largest absolute Gasteiger partial charge is 0.254 e. The Bertz CT molecular complexity index is 2490. The molecule has 2 heterocycles. The molecule has 1 aliphatic carbocycles. The zero-order valence-corrected chi connectivity index (χ0v) is 25.4. The summed E-state index contributed by atoms with van der Waals surface area (Å²) in [7, 11) is 0. The van der Waals surface area contributed by atoms with Crippen molar-refractivity contribution in [3.05, 3.63) is 192 Å². The van der Waals surface area contributed by atoms with Crippen LogP contribution in [-0.2, 0) is 5.41 Å². The fourth-order valence-electron chi connectivity index (χ4n) is 7.61. The van der Waals surface area contributed by atoms with Crippen LogP contribution in [0.15, 0.2) is 164 Å². The summed E-state index contributed by atoms with van der Waals surface area (Å²) >= 11 is 0. The Kier molecular flexibility index (Phi) is 6.10. The average Bonchev–Trinajstić information content (AvgIpc) is 3.45. The predicted octanol–water partition coefficient (Wildman–Crippen LogP) is 10.4. The summed E-state index contributed by atoms with van der Waals surface area (Å²) in [6.07, 6.45) is 1.82. The van der Waals surface area contributed by atoms with Gasteiger partial charge in [-0.15, -0.1) is 0 Å². The highest BCUT2D eigenvalue weighted by Crippen LogP contribution is 2.58. The maximum atomic E-state index is 10.3. The Hall–Kier alpha value is -6.37. The molecule has 0 unspecified atom stereocenters. The summed E-state index contributed by atoms with van der Waals surface area (Å²) < 4.78 is 0. The van der Waals surface area contributed by atoms with Crippen molar-refractivity contribution in [2.75, 3.05) is 0 Å². The number of aromatic nitrogens is 2. The van der Waals surface area contributed by atoms with Gasteiger partial charge in [0.25, 0.3) is 0 Å². The Balaban J connectivity index is 1.43. The van der Waals surface area contributed by atoms with E-state index in [4.69, 9.17) is 9.97 Å². The minimum Gasteiger partial charge on any atom is -0.254 e. The summed E-state index contributed by atoms with van der Waals surface area (Å²) in [4.78, 5) is 10.0. The predicted molar refractivity (Wildman–Crippen MR) is 190 cm³/mol. The maximum Gasteiger partial charge on any atom is 0.0998 e. The van der Waals surface area contributed by atoms with E-state index in [1.165, 1.54) is 33.4 Å². The van der Waals surface area contributed by atoms with Gasteiger partial charge in [0, 0.05) is 28.1 Å². The van der Waals surface area contributed by atoms with E-state index in [2.05, 4.69) is 140 Å². The molecule has 0 bridgehead atoms. The molecular weight excluding hydrogens is 571 g/mol. The van der Waals surface area contributed by atoms with Crippen molar-refractivity contribution in [3.63, 3.8) is 0 Å². The van der Waals surface area contributed by atoms with Gasteiger partial charge < -0.3 is 0 Å². The summed E-state index contributed by atoms with van der Waals surface area (Å²) in [5.74, 6) is 0. The van der Waals surface area contributed by atoms with Crippen LogP contribution in [0.5, 0.6) is 0 Å². The molecule has 1 aliphatic rings. The van der Waals surface area contributed by atoms with Crippen LogP contribution >= 0.6 is 0 Å². The highest BCUT2D eigenvalue weighted by Gasteiger charge is 2.46. The van der Waals surface area contributed by atoms with E-state index >= 15 is 0 Å². The zero-order chi connectivity index (χ0) is 31.4. The van der Waals surface area contributed by atoms with Gasteiger partial charge in [0.1, 0.15) is 0 Å². The maximum absolute atomic E-state index is 10.3. The molecule has 2 aromatic heterocycles. The van der Waals surface area contributed by atoms with E-state index in [0.29, 0.717) is 5.56 Å². The molecule has 3 heteroatoms. The Morgan fingerprint density at radius 1 is 0.468 bits per heavy atom. The summed E-state index contributed by atoms with van der Waals surface area (Å²) in [6.45, 7) is 0. The highest BCUT2D eigenvalue weighted by molar-refractivity contribution is 6.04. The van der Waals surface area contributed by atoms with Crippen LogP contribution in [0, 0.1) is 11.3 Å².